The standard InChI is InChI=1S/C13H13BrN2O/c1-17-12-4-2-3-11(13(12)15)16-10-7-5-9(14)6-8-10/h2-8,16H,15H2,1H3. The largest absolute Gasteiger partial charge is 0.495 e. The molecule has 0 amide bonds. The summed E-state index contributed by atoms with van der Waals surface area (Å²) in [6.07, 6.45) is 0. The summed E-state index contributed by atoms with van der Waals surface area (Å²) in [7, 11) is 1.61. The van der Waals surface area contributed by atoms with Crippen molar-refractivity contribution >= 4 is 33.0 Å². The molecule has 88 valence electrons. The van der Waals surface area contributed by atoms with Crippen LogP contribution in [0.4, 0.5) is 17.1 Å². The van der Waals surface area contributed by atoms with Gasteiger partial charge in [0, 0.05) is 10.2 Å². The number of benzene rings is 2. The summed E-state index contributed by atoms with van der Waals surface area (Å²) in [5.41, 5.74) is 8.40. The van der Waals surface area contributed by atoms with Crippen LogP contribution in [0, 0.1) is 0 Å². The van der Waals surface area contributed by atoms with Gasteiger partial charge in [0.15, 0.2) is 0 Å². The smallest absolute Gasteiger partial charge is 0.143 e. The minimum Gasteiger partial charge on any atom is -0.495 e. The van der Waals surface area contributed by atoms with E-state index in [2.05, 4.69) is 21.2 Å². The SMILES string of the molecule is COc1cccc(Nc2ccc(Br)cc2)c1N. The molecule has 4 heteroatoms. The van der Waals surface area contributed by atoms with E-state index in [4.69, 9.17) is 10.5 Å². The van der Waals surface area contributed by atoms with E-state index >= 15 is 0 Å². The number of hydrogen-bond donors (Lipinski definition) is 2. The Morgan fingerprint density at radius 3 is 2.47 bits per heavy atom. The topological polar surface area (TPSA) is 47.3 Å². The van der Waals surface area contributed by atoms with Gasteiger partial charge in [-0.05, 0) is 36.4 Å². The molecule has 0 aliphatic carbocycles. The molecule has 0 spiro atoms. The van der Waals surface area contributed by atoms with Crippen LogP contribution >= 0.6 is 15.9 Å². The van der Waals surface area contributed by atoms with Gasteiger partial charge in [0.2, 0.25) is 0 Å². The summed E-state index contributed by atoms with van der Waals surface area (Å²) in [5.74, 6) is 0.673. The lowest BCUT2D eigenvalue weighted by atomic mass is 10.2. The lowest BCUT2D eigenvalue weighted by Crippen LogP contribution is -1.98. The fourth-order valence-electron chi connectivity index (χ4n) is 1.52. The van der Waals surface area contributed by atoms with Crippen molar-refractivity contribution in [3.05, 3.63) is 46.9 Å². The first kappa shape index (κ1) is 11.8. The Balaban J connectivity index is 2.27. The van der Waals surface area contributed by atoms with Crippen molar-refractivity contribution in [2.45, 2.75) is 0 Å². The molecule has 0 unspecified atom stereocenters. The van der Waals surface area contributed by atoms with E-state index in [9.17, 15) is 0 Å². The quantitative estimate of drug-likeness (QED) is 0.847. The molecule has 17 heavy (non-hydrogen) atoms. The number of methoxy groups -OCH3 is 1. The highest BCUT2D eigenvalue weighted by atomic mass is 79.9. The van der Waals surface area contributed by atoms with Crippen LogP contribution in [0.1, 0.15) is 0 Å². The number of hydrogen-bond acceptors (Lipinski definition) is 3. The number of rotatable bonds is 3. The first-order valence-corrected chi connectivity index (χ1v) is 5.95. The van der Waals surface area contributed by atoms with Crippen molar-refractivity contribution in [1.82, 2.24) is 0 Å². The van der Waals surface area contributed by atoms with E-state index < -0.39 is 0 Å². The van der Waals surface area contributed by atoms with Crippen molar-refractivity contribution in [2.75, 3.05) is 18.2 Å². The third kappa shape index (κ3) is 2.71. The fourth-order valence-corrected chi connectivity index (χ4v) is 1.78. The van der Waals surface area contributed by atoms with E-state index in [-0.39, 0.29) is 0 Å². The predicted octanol–water partition coefficient (Wildman–Crippen LogP) is 3.78. The third-order valence-electron chi connectivity index (χ3n) is 2.41. The monoisotopic (exact) mass is 292 g/mol. The number of anilines is 3. The predicted molar refractivity (Wildman–Crippen MR) is 74.8 cm³/mol. The van der Waals surface area contributed by atoms with Crippen molar-refractivity contribution in [2.24, 2.45) is 0 Å². The summed E-state index contributed by atoms with van der Waals surface area (Å²) in [5, 5.41) is 3.25. The first-order valence-electron chi connectivity index (χ1n) is 5.16. The minimum absolute atomic E-state index is 0.609. The second-order valence-corrected chi connectivity index (χ2v) is 4.47. The van der Waals surface area contributed by atoms with E-state index in [0.29, 0.717) is 11.4 Å². The molecule has 0 aromatic heterocycles. The number of nitrogens with one attached hydrogen (secondary N) is 1. The third-order valence-corrected chi connectivity index (χ3v) is 2.94. The zero-order valence-corrected chi connectivity index (χ0v) is 11.0. The van der Waals surface area contributed by atoms with Gasteiger partial charge >= 0.3 is 0 Å². The van der Waals surface area contributed by atoms with Crippen molar-refractivity contribution < 1.29 is 4.74 Å². The Bertz CT molecular complexity index is 511. The Hall–Kier alpha value is -1.68. The Kier molecular flexibility index (Phi) is 3.54. The van der Waals surface area contributed by atoms with E-state index in [1.165, 1.54) is 0 Å². The number of nitrogens with two attached hydrogens (primary N) is 1. The Morgan fingerprint density at radius 1 is 1.12 bits per heavy atom. The van der Waals surface area contributed by atoms with Gasteiger partial charge in [-0.15, -0.1) is 0 Å². The molecule has 2 rings (SSSR count). The maximum Gasteiger partial charge on any atom is 0.143 e. The molecule has 3 N–H and O–H groups in total. The van der Waals surface area contributed by atoms with Crippen molar-refractivity contribution in [1.29, 1.82) is 0 Å². The number of ether oxygens (including phenoxy) is 1. The molecule has 2 aromatic rings. The van der Waals surface area contributed by atoms with Crippen LogP contribution in [0.15, 0.2) is 46.9 Å². The molecule has 0 aliphatic heterocycles. The maximum absolute atomic E-state index is 5.97. The molecular weight excluding hydrogens is 280 g/mol. The van der Waals surface area contributed by atoms with E-state index in [1.807, 2.05) is 42.5 Å². The average molecular weight is 293 g/mol. The molecule has 0 radical (unpaired) electrons. The van der Waals surface area contributed by atoms with Crippen LogP contribution in [0.5, 0.6) is 5.75 Å². The van der Waals surface area contributed by atoms with Crippen LogP contribution in [-0.4, -0.2) is 7.11 Å². The van der Waals surface area contributed by atoms with Gasteiger partial charge in [-0.1, -0.05) is 22.0 Å². The first-order chi connectivity index (χ1) is 8.20. The lowest BCUT2D eigenvalue weighted by Gasteiger charge is -2.12. The molecule has 0 heterocycles. The molecule has 2 aromatic carbocycles. The minimum atomic E-state index is 0.609. The Morgan fingerprint density at radius 2 is 1.82 bits per heavy atom. The van der Waals surface area contributed by atoms with Crippen LogP contribution in [-0.2, 0) is 0 Å². The van der Waals surface area contributed by atoms with Gasteiger partial charge in [-0.25, -0.2) is 0 Å². The maximum atomic E-state index is 5.97. The van der Waals surface area contributed by atoms with E-state index in [0.717, 1.165) is 15.8 Å². The normalized spacial score (nSPS) is 10.0. The van der Waals surface area contributed by atoms with Gasteiger partial charge in [0.1, 0.15) is 5.75 Å². The molecule has 0 saturated carbocycles. The van der Waals surface area contributed by atoms with Gasteiger partial charge in [0.25, 0.3) is 0 Å². The van der Waals surface area contributed by atoms with Crippen LogP contribution < -0.4 is 15.8 Å². The average Bonchev–Trinajstić information content (AvgIpc) is 2.35. The molecular formula is C13H13BrN2O. The lowest BCUT2D eigenvalue weighted by molar-refractivity contribution is 0.417. The van der Waals surface area contributed by atoms with Gasteiger partial charge in [0.05, 0.1) is 18.5 Å². The number of halogens is 1. The molecule has 0 aliphatic rings. The highest BCUT2D eigenvalue weighted by molar-refractivity contribution is 9.10. The molecule has 0 saturated heterocycles. The summed E-state index contributed by atoms with van der Waals surface area (Å²) in [6, 6.07) is 13.5. The summed E-state index contributed by atoms with van der Waals surface area (Å²) >= 11 is 3.40. The second-order valence-electron chi connectivity index (χ2n) is 3.55. The highest BCUT2D eigenvalue weighted by Gasteiger charge is 2.04. The fraction of sp³-hybridized carbons (Fsp3) is 0.0769. The zero-order chi connectivity index (χ0) is 12.3. The van der Waals surface area contributed by atoms with E-state index in [1.54, 1.807) is 7.11 Å². The van der Waals surface area contributed by atoms with Crippen LogP contribution in [0.25, 0.3) is 0 Å². The van der Waals surface area contributed by atoms with Gasteiger partial charge in [-0.2, -0.15) is 0 Å². The number of nitrogen functional groups attached to an aromatic ring is 1. The number of para-hydroxylation sites is 1. The molecule has 0 fully saturated rings. The molecule has 3 nitrogen and oxygen atoms in total. The second kappa shape index (κ2) is 5.10. The van der Waals surface area contributed by atoms with Gasteiger partial charge < -0.3 is 15.8 Å². The van der Waals surface area contributed by atoms with Crippen LogP contribution in [0.2, 0.25) is 0 Å². The summed E-state index contributed by atoms with van der Waals surface area (Å²) in [4.78, 5) is 0. The summed E-state index contributed by atoms with van der Waals surface area (Å²) in [6.45, 7) is 0. The highest BCUT2D eigenvalue weighted by Crippen LogP contribution is 2.31. The Labute approximate surface area is 109 Å². The van der Waals surface area contributed by atoms with Gasteiger partial charge in [-0.3, -0.25) is 0 Å². The molecule has 0 atom stereocenters. The van der Waals surface area contributed by atoms with Crippen molar-refractivity contribution in [3.63, 3.8) is 0 Å². The summed E-state index contributed by atoms with van der Waals surface area (Å²) < 4.78 is 6.21. The van der Waals surface area contributed by atoms with Crippen LogP contribution in [0.3, 0.4) is 0 Å². The van der Waals surface area contributed by atoms with Crippen molar-refractivity contribution in [3.8, 4) is 5.75 Å². The molecule has 0 bridgehead atoms. The zero-order valence-electron chi connectivity index (χ0n) is 9.41.